The molecule has 2 aromatic rings. The van der Waals surface area contributed by atoms with Gasteiger partial charge in [0, 0.05) is 22.8 Å². The summed E-state index contributed by atoms with van der Waals surface area (Å²) in [5, 5.41) is 0. The molecule has 0 aliphatic carbocycles. The van der Waals surface area contributed by atoms with Gasteiger partial charge in [-0.2, -0.15) is 0 Å². The van der Waals surface area contributed by atoms with E-state index < -0.39 is 0 Å². The Morgan fingerprint density at radius 1 is 1.37 bits per heavy atom. The van der Waals surface area contributed by atoms with Crippen LogP contribution in [0.3, 0.4) is 0 Å². The molecule has 3 N–H and O–H groups in total. The molecule has 5 heteroatoms. The zero-order valence-electron chi connectivity index (χ0n) is 10.6. The quantitative estimate of drug-likeness (QED) is 0.656. The predicted molar refractivity (Wildman–Crippen MR) is 78.7 cm³/mol. The minimum atomic E-state index is 0.00350. The van der Waals surface area contributed by atoms with Crippen LogP contribution in [0.25, 0.3) is 0 Å². The predicted octanol–water partition coefficient (Wildman–Crippen LogP) is 2.60. The van der Waals surface area contributed by atoms with Crippen LogP contribution < -0.4 is 16.0 Å². The SMILES string of the molecule is COc1cccc(C(Cc2ccc(Br)cn2)NN)c1. The fourth-order valence-electron chi connectivity index (χ4n) is 1.87. The molecule has 19 heavy (non-hydrogen) atoms. The second kappa shape index (κ2) is 6.65. The number of pyridine rings is 1. The van der Waals surface area contributed by atoms with Crippen molar-refractivity contribution in [1.82, 2.24) is 10.4 Å². The number of methoxy groups -OCH3 is 1. The lowest BCUT2D eigenvalue weighted by Crippen LogP contribution is -2.29. The maximum atomic E-state index is 5.65. The normalized spacial score (nSPS) is 12.2. The van der Waals surface area contributed by atoms with Crippen LogP contribution in [0.2, 0.25) is 0 Å². The van der Waals surface area contributed by atoms with Crippen molar-refractivity contribution in [2.45, 2.75) is 12.5 Å². The highest BCUT2D eigenvalue weighted by Gasteiger charge is 2.12. The van der Waals surface area contributed by atoms with Crippen LogP contribution >= 0.6 is 15.9 Å². The monoisotopic (exact) mass is 321 g/mol. The van der Waals surface area contributed by atoms with Crippen molar-refractivity contribution in [3.63, 3.8) is 0 Å². The number of aromatic nitrogens is 1. The molecular weight excluding hydrogens is 306 g/mol. The average molecular weight is 322 g/mol. The molecule has 0 fully saturated rings. The number of hydrazine groups is 1. The van der Waals surface area contributed by atoms with Crippen molar-refractivity contribution >= 4 is 15.9 Å². The Bertz CT molecular complexity index is 530. The summed E-state index contributed by atoms with van der Waals surface area (Å²) in [6, 6.07) is 11.8. The molecule has 0 radical (unpaired) electrons. The van der Waals surface area contributed by atoms with Crippen LogP contribution in [0.1, 0.15) is 17.3 Å². The third-order valence-electron chi connectivity index (χ3n) is 2.90. The summed E-state index contributed by atoms with van der Waals surface area (Å²) in [5.41, 5.74) is 4.88. The van der Waals surface area contributed by atoms with Crippen LogP contribution in [0.5, 0.6) is 5.75 Å². The zero-order valence-corrected chi connectivity index (χ0v) is 12.2. The Balaban J connectivity index is 2.17. The van der Waals surface area contributed by atoms with Crippen molar-refractivity contribution in [2.24, 2.45) is 5.84 Å². The van der Waals surface area contributed by atoms with Gasteiger partial charge in [-0.3, -0.25) is 16.3 Å². The summed E-state index contributed by atoms with van der Waals surface area (Å²) in [6.45, 7) is 0. The molecule has 0 aliphatic rings. The number of nitrogens with zero attached hydrogens (tertiary/aromatic N) is 1. The minimum absolute atomic E-state index is 0.00350. The van der Waals surface area contributed by atoms with E-state index in [2.05, 4.69) is 26.3 Å². The van der Waals surface area contributed by atoms with Crippen LogP contribution in [0, 0.1) is 0 Å². The Labute approximate surface area is 121 Å². The number of rotatable bonds is 5. The molecule has 2 rings (SSSR count). The summed E-state index contributed by atoms with van der Waals surface area (Å²) in [6.07, 6.45) is 2.51. The van der Waals surface area contributed by atoms with Crippen molar-refractivity contribution < 1.29 is 4.74 Å². The highest BCUT2D eigenvalue weighted by atomic mass is 79.9. The van der Waals surface area contributed by atoms with Crippen LogP contribution in [0.15, 0.2) is 47.1 Å². The van der Waals surface area contributed by atoms with E-state index in [4.69, 9.17) is 10.6 Å². The summed E-state index contributed by atoms with van der Waals surface area (Å²) in [4.78, 5) is 4.36. The van der Waals surface area contributed by atoms with Gasteiger partial charge >= 0.3 is 0 Å². The van der Waals surface area contributed by atoms with Gasteiger partial charge in [-0.1, -0.05) is 12.1 Å². The lowest BCUT2D eigenvalue weighted by Gasteiger charge is -2.16. The molecule has 0 spiro atoms. The van der Waals surface area contributed by atoms with Gasteiger partial charge < -0.3 is 4.74 Å². The van der Waals surface area contributed by atoms with E-state index in [1.165, 1.54) is 0 Å². The number of ether oxygens (including phenoxy) is 1. The number of nitrogens with two attached hydrogens (primary N) is 1. The Kier molecular flexibility index (Phi) is 4.90. The fraction of sp³-hybridized carbons (Fsp3) is 0.214. The second-order valence-electron chi connectivity index (χ2n) is 4.17. The van der Waals surface area contributed by atoms with E-state index in [-0.39, 0.29) is 6.04 Å². The molecule has 100 valence electrons. The Hall–Kier alpha value is -1.43. The molecular formula is C14H16BrN3O. The van der Waals surface area contributed by atoms with E-state index in [0.29, 0.717) is 0 Å². The molecule has 1 aromatic carbocycles. The van der Waals surface area contributed by atoms with Gasteiger partial charge in [0.15, 0.2) is 0 Å². The van der Waals surface area contributed by atoms with Gasteiger partial charge in [0.1, 0.15) is 5.75 Å². The first-order valence-corrected chi connectivity index (χ1v) is 6.72. The summed E-state index contributed by atoms with van der Waals surface area (Å²) >= 11 is 3.37. The van der Waals surface area contributed by atoms with Gasteiger partial charge in [-0.05, 0) is 45.8 Å². The number of hydrogen-bond donors (Lipinski definition) is 2. The van der Waals surface area contributed by atoms with Crippen LogP contribution in [0.4, 0.5) is 0 Å². The zero-order chi connectivity index (χ0) is 13.7. The highest BCUT2D eigenvalue weighted by molar-refractivity contribution is 9.10. The molecule has 0 saturated carbocycles. The molecule has 1 aromatic heterocycles. The molecule has 4 nitrogen and oxygen atoms in total. The molecule has 0 saturated heterocycles. The molecule has 0 amide bonds. The third kappa shape index (κ3) is 3.76. The smallest absolute Gasteiger partial charge is 0.119 e. The lowest BCUT2D eigenvalue weighted by molar-refractivity contribution is 0.413. The second-order valence-corrected chi connectivity index (χ2v) is 5.08. The van der Waals surface area contributed by atoms with E-state index in [9.17, 15) is 0 Å². The van der Waals surface area contributed by atoms with E-state index in [0.717, 1.165) is 27.9 Å². The topological polar surface area (TPSA) is 60.2 Å². The first-order chi connectivity index (χ1) is 9.22. The van der Waals surface area contributed by atoms with Crippen molar-refractivity contribution in [3.05, 3.63) is 58.3 Å². The van der Waals surface area contributed by atoms with Gasteiger partial charge in [0.2, 0.25) is 0 Å². The first-order valence-electron chi connectivity index (χ1n) is 5.93. The summed E-state index contributed by atoms with van der Waals surface area (Å²) < 4.78 is 6.19. The Morgan fingerprint density at radius 3 is 2.84 bits per heavy atom. The van der Waals surface area contributed by atoms with Gasteiger partial charge in [-0.25, -0.2) is 0 Å². The first kappa shape index (κ1) is 14.0. The number of halogens is 1. The molecule has 1 unspecified atom stereocenters. The third-order valence-corrected chi connectivity index (χ3v) is 3.37. The standard InChI is InChI=1S/C14H16BrN3O/c1-19-13-4-2-3-10(7-13)14(18-16)8-12-6-5-11(15)9-17-12/h2-7,9,14,18H,8,16H2,1H3. The van der Waals surface area contributed by atoms with Crippen molar-refractivity contribution in [2.75, 3.05) is 7.11 Å². The number of benzene rings is 1. The van der Waals surface area contributed by atoms with E-state index >= 15 is 0 Å². The van der Waals surface area contributed by atoms with Crippen molar-refractivity contribution in [3.8, 4) is 5.75 Å². The summed E-state index contributed by atoms with van der Waals surface area (Å²) in [7, 11) is 1.65. The maximum Gasteiger partial charge on any atom is 0.119 e. The van der Waals surface area contributed by atoms with E-state index in [1.807, 2.05) is 36.4 Å². The molecule has 1 atom stereocenters. The van der Waals surface area contributed by atoms with Crippen molar-refractivity contribution in [1.29, 1.82) is 0 Å². The molecule has 1 heterocycles. The van der Waals surface area contributed by atoms with Gasteiger partial charge in [0.25, 0.3) is 0 Å². The minimum Gasteiger partial charge on any atom is -0.497 e. The number of hydrogen-bond acceptors (Lipinski definition) is 4. The summed E-state index contributed by atoms with van der Waals surface area (Å²) in [5.74, 6) is 6.47. The largest absolute Gasteiger partial charge is 0.497 e. The van der Waals surface area contributed by atoms with Crippen LogP contribution in [-0.4, -0.2) is 12.1 Å². The van der Waals surface area contributed by atoms with Gasteiger partial charge in [-0.15, -0.1) is 0 Å². The highest BCUT2D eigenvalue weighted by Crippen LogP contribution is 2.21. The van der Waals surface area contributed by atoms with E-state index in [1.54, 1.807) is 13.3 Å². The molecule has 0 bridgehead atoms. The average Bonchev–Trinajstić information content (AvgIpc) is 2.46. The Morgan fingerprint density at radius 2 is 2.21 bits per heavy atom. The molecule has 0 aliphatic heterocycles. The van der Waals surface area contributed by atoms with Crippen LogP contribution in [-0.2, 0) is 6.42 Å². The lowest BCUT2D eigenvalue weighted by atomic mass is 10.0. The number of nitrogens with one attached hydrogen (secondary N) is 1. The fourth-order valence-corrected chi connectivity index (χ4v) is 2.10. The van der Waals surface area contributed by atoms with Gasteiger partial charge in [0.05, 0.1) is 13.2 Å². The maximum absolute atomic E-state index is 5.65.